The Kier molecular flexibility index (Phi) is 5.01. The molecule has 114 valence electrons. The Morgan fingerprint density at radius 2 is 1.82 bits per heavy atom. The minimum absolute atomic E-state index is 0. The van der Waals surface area contributed by atoms with Crippen molar-refractivity contribution in [2.24, 2.45) is 11.7 Å². The van der Waals surface area contributed by atoms with Crippen LogP contribution in [0.15, 0.2) is 65.7 Å². The van der Waals surface area contributed by atoms with Gasteiger partial charge in [0.05, 0.1) is 0 Å². The van der Waals surface area contributed by atoms with E-state index in [2.05, 4.69) is 18.7 Å². The maximum Gasteiger partial charge on any atom is 0.167 e. The predicted octanol–water partition coefficient (Wildman–Crippen LogP) is 4.74. The summed E-state index contributed by atoms with van der Waals surface area (Å²) >= 11 is 0. The SMILES string of the molecule is C=CC(C)C(N)c1ccccc1-c1noc2ccccc12.Cl. The lowest BCUT2D eigenvalue weighted by Gasteiger charge is -2.19. The van der Waals surface area contributed by atoms with Crippen LogP contribution in [-0.2, 0) is 0 Å². The number of fused-ring (bicyclic) bond motifs is 1. The van der Waals surface area contributed by atoms with Crippen LogP contribution < -0.4 is 5.73 Å². The largest absolute Gasteiger partial charge is 0.356 e. The summed E-state index contributed by atoms with van der Waals surface area (Å²) < 4.78 is 5.41. The molecule has 1 aromatic heterocycles. The molecule has 2 atom stereocenters. The maximum atomic E-state index is 6.37. The molecule has 0 bridgehead atoms. The average Bonchev–Trinajstić information content (AvgIpc) is 2.97. The van der Waals surface area contributed by atoms with E-state index < -0.39 is 0 Å². The predicted molar refractivity (Wildman–Crippen MR) is 93.0 cm³/mol. The Bertz CT molecular complexity index is 781. The minimum atomic E-state index is -0.117. The Morgan fingerprint density at radius 1 is 1.14 bits per heavy atom. The first kappa shape index (κ1) is 16.3. The molecule has 2 unspecified atom stereocenters. The molecule has 2 N–H and O–H groups in total. The number of para-hydroxylation sites is 1. The van der Waals surface area contributed by atoms with Crippen molar-refractivity contribution in [1.29, 1.82) is 0 Å². The number of nitrogens with zero attached hydrogens (tertiary/aromatic N) is 1. The molecule has 3 nitrogen and oxygen atoms in total. The molecule has 2 aromatic carbocycles. The molecule has 0 amide bonds. The zero-order valence-electron chi connectivity index (χ0n) is 12.4. The fraction of sp³-hybridized carbons (Fsp3) is 0.167. The Hall–Kier alpha value is -2.10. The second-order valence-corrected chi connectivity index (χ2v) is 5.24. The van der Waals surface area contributed by atoms with Gasteiger partial charge in [0.25, 0.3) is 0 Å². The van der Waals surface area contributed by atoms with Crippen molar-refractivity contribution in [2.75, 3.05) is 0 Å². The van der Waals surface area contributed by atoms with Gasteiger partial charge < -0.3 is 10.3 Å². The number of nitrogens with two attached hydrogens (primary N) is 1. The van der Waals surface area contributed by atoms with Crippen molar-refractivity contribution in [3.8, 4) is 11.3 Å². The van der Waals surface area contributed by atoms with Crippen molar-refractivity contribution in [3.05, 3.63) is 66.7 Å². The van der Waals surface area contributed by atoms with Crippen molar-refractivity contribution < 1.29 is 4.52 Å². The highest BCUT2D eigenvalue weighted by atomic mass is 35.5. The van der Waals surface area contributed by atoms with Crippen LogP contribution in [0.4, 0.5) is 0 Å². The van der Waals surface area contributed by atoms with Gasteiger partial charge in [-0.3, -0.25) is 0 Å². The number of hydrogen-bond donors (Lipinski definition) is 1. The number of benzene rings is 2. The van der Waals surface area contributed by atoms with Crippen LogP contribution in [0.5, 0.6) is 0 Å². The fourth-order valence-electron chi connectivity index (χ4n) is 2.51. The molecule has 3 aromatic rings. The summed E-state index contributed by atoms with van der Waals surface area (Å²) in [4.78, 5) is 0. The van der Waals surface area contributed by atoms with E-state index in [0.717, 1.165) is 27.8 Å². The van der Waals surface area contributed by atoms with E-state index in [4.69, 9.17) is 10.3 Å². The average molecular weight is 315 g/mol. The van der Waals surface area contributed by atoms with E-state index in [1.54, 1.807) is 0 Å². The molecule has 0 aliphatic carbocycles. The molecular weight excluding hydrogens is 296 g/mol. The highest BCUT2D eigenvalue weighted by Gasteiger charge is 2.19. The van der Waals surface area contributed by atoms with Crippen LogP contribution in [0.2, 0.25) is 0 Å². The van der Waals surface area contributed by atoms with Crippen molar-refractivity contribution >= 4 is 23.4 Å². The summed E-state index contributed by atoms with van der Waals surface area (Å²) in [5.74, 6) is 0.185. The minimum Gasteiger partial charge on any atom is -0.356 e. The number of hydrogen-bond acceptors (Lipinski definition) is 3. The summed E-state index contributed by atoms with van der Waals surface area (Å²) in [7, 11) is 0. The molecule has 0 fully saturated rings. The number of aromatic nitrogens is 1. The third kappa shape index (κ3) is 2.78. The lowest BCUT2D eigenvalue weighted by atomic mass is 9.90. The lowest BCUT2D eigenvalue weighted by molar-refractivity contribution is 0.459. The van der Waals surface area contributed by atoms with Crippen LogP contribution in [-0.4, -0.2) is 5.16 Å². The second kappa shape index (κ2) is 6.77. The normalized spacial score (nSPS) is 13.4. The second-order valence-electron chi connectivity index (χ2n) is 5.24. The van der Waals surface area contributed by atoms with Gasteiger partial charge >= 0.3 is 0 Å². The van der Waals surface area contributed by atoms with Gasteiger partial charge in [0.2, 0.25) is 0 Å². The molecule has 0 aliphatic heterocycles. The van der Waals surface area contributed by atoms with Gasteiger partial charge in [0.1, 0.15) is 5.69 Å². The molecule has 0 saturated heterocycles. The van der Waals surface area contributed by atoms with Gasteiger partial charge in [-0.25, -0.2) is 0 Å². The maximum absolute atomic E-state index is 6.37. The van der Waals surface area contributed by atoms with E-state index in [-0.39, 0.29) is 24.4 Å². The topological polar surface area (TPSA) is 52.0 Å². The Morgan fingerprint density at radius 3 is 2.59 bits per heavy atom. The number of halogens is 1. The van der Waals surface area contributed by atoms with Crippen molar-refractivity contribution in [1.82, 2.24) is 5.16 Å². The quantitative estimate of drug-likeness (QED) is 0.708. The van der Waals surface area contributed by atoms with E-state index >= 15 is 0 Å². The van der Waals surface area contributed by atoms with Crippen LogP contribution in [0.3, 0.4) is 0 Å². The van der Waals surface area contributed by atoms with E-state index in [1.165, 1.54) is 0 Å². The van der Waals surface area contributed by atoms with Crippen molar-refractivity contribution in [3.63, 3.8) is 0 Å². The summed E-state index contributed by atoms with van der Waals surface area (Å²) in [6, 6.07) is 15.8. The first-order valence-corrected chi connectivity index (χ1v) is 7.04. The third-order valence-electron chi connectivity index (χ3n) is 3.89. The molecule has 0 spiro atoms. The molecule has 0 aliphatic rings. The van der Waals surface area contributed by atoms with Gasteiger partial charge in [0.15, 0.2) is 5.58 Å². The highest BCUT2D eigenvalue weighted by Crippen LogP contribution is 2.34. The van der Waals surface area contributed by atoms with E-state index in [9.17, 15) is 0 Å². The van der Waals surface area contributed by atoms with E-state index in [1.807, 2.05) is 54.6 Å². The monoisotopic (exact) mass is 314 g/mol. The molecule has 3 rings (SSSR count). The molecule has 1 heterocycles. The molecule has 22 heavy (non-hydrogen) atoms. The third-order valence-corrected chi connectivity index (χ3v) is 3.89. The van der Waals surface area contributed by atoms with Crippen LogP contribution in [0, 0.1) is 5.92 Å². The summed E-state index contributed by atoms with van der Waals surface area (Å²) in [6.45, 7) is 5.90. The zero-order chi connectivity index (χ0) is 14.8. The smallest absolute Gasteiger partial charge is 0.167 e. The van der Waals surface area contributed by atoms with Crippen molar-refractivity contribution in [2.45, 2.75) is 13.0 Å². The first-order valence-electron chi connectivity index (χ1n) is 7.04. The highest BCUT2D eigenvalue weighted by molar-refractivity contribution is 5.92. The molecule has 0 radical (unpaired) electrons. The van der Waals surface area contributed by atoms with Crippen LogP contribution >= 0.6 is 12.4 Å². The lowest BCUT2D eigenvalue weighted by Crippen LogP contribution is -2.18. The summed E-state index contributed by atoms with van der Waals surface area (Å²) in [5, 5.41) is 5.24. The van der Waals surface area contributed by atoms with Crippen LogP contribution in [0.1, 0.15) is 18.5 Å². The summed E-state index contributed by atoms with van der Waals surface area (Å²) in [5.41, 5.74) is 10.1. The van der Waals surface area contributed by atoms with Gasteiger partial charge in [-0.15, -0.1) is 19.0 Å². The van der Waals surface area contributed by atoms with Gasteiger partial charge in [-0.05, 0) is 23.6 Å². The standard InChI is InChI=1S/C18H18N2O.ClH/c1-3-12(2)17(19)13-8-4-5-9-14(13)18-15-10-6-7-11-16(15)21-20-18;/h3-12,17H,1,19H2,2H3;1H. The van der Waals surface area contributed by atoms with E-state index in [0.29, 0.717) is 0 Å². The Labute approximate surface area is 136 Å². The molecule has 4 heteroatoms. The molecular formula is C18H19ClN2O. The number of rotatable bonds is 4. The van der Waals surface area contributed by atoms with Gasteiger partial charge in [-0.1, -0.05) is 54.6 Å². The first-order chi connectivity index (χ1) is 10.2. The van der Waals surface area contributed by atoms with Gasteiger partial charge in [-0.2, -0.15) is 0 Å². The zero-order valence-corrected chi connectivity index (χ0v) is 13.2. The Balaban J connectivity index is 0.00000176. The fourth-order valence-corrected chi connectivity index (χ4v) is 2.51. The molecule has 0 saturated carbocycles. The van der Waals surface area contributed by atoms with Gasteiger partial charge in [0, 0.05) is 17.0 Å². The van der Waals surface area contributed by atoms with Crippen LogP contribution in [0.25, 0.3) is 22.2 Å². The summed E-state index contributed by atoms with van der Waals surface area (Å²) in [6.07, 6.45) is 1.88.